The van der Waals surface area contributed by atoms with Crippen LogP contribution in [0.25, 0.3) is 0 Å². The quantitative estimate of drug-likeness (QED) is 0.668. The lowest BCUT2D eigenvalue weighted by molar-refractivity contribution is 0.112. The van der Waals surface area contributed by atoms with Crippen molar-refractivity contribution in [2.45, 2.75) is 31.7 Å². The van der Waals surface area contributed by atoms with Gasteiger partial charge in [0.05, 0.1) is 6.20 Å². The Kier molecular flexibility index (Phi) is 1.87. The second kappa shape index (κ2) is 3.09. The molecular weight excluding hydrogens is 174 g/mol. The lowest BCUT2D eigenvalue weighted by Crippen LogP contribution is -2.46. The van der Waals surface area contributed by atoms with Crippen LogP contribution in [0.15, 0.2) is 6.20 Å². The second-order valence-corrected chi connectivity index (χ2v) is 4.73. The van der Waals surface area contributed by atoms with E-state index in [1.54, 1.807) is 0 Å². The Morgan fingerprint density at radius 1 is 1.50 bits per heavy atom. The smallest absolute Gasteiger partial charge is 0.0522 e. The Morgan fingerprint density at radius 3 is 3.36 bits per heavy atom. The van der Waals surface area contributed by atoms with Gasteiger partial charge in [0.1, 0.15) is 0 Å². The Hall–Kier alpha value is -0.830. The minimum atomic E-state index is 0.772. The highest BCUT2D eigenvalue weighted by molar-refractivity contribution is 5.22. The van der Waals surface area contributed by atoms with Gasteiger partial charge >= 0.3 is 0 Å². The van der Waals surface area contributed by atoms with E-state index in [2.05, 4.69) is 22.1 Å². The van der Waals surface area contributed by atoms with E-state index >= 15 is 0 Å². The molecule has 3 nitrogen and oxygen atoms in total. The fraction of sp³-hybridized carbons (Fsp3) is 0.727. The van der Waals surface area contributed by atoms with Gasteiger partial charge in [-0.15, -0.1) is 0 Å². The van der Waals surface area contributed by atoms with Gasteiger partial charge < -0.3 is 4.90 Å². The third-order valence-corrected chi connectivity index (χ3v) is 3.90. The molecule has 0 amide bonds. The summed E-state index contributed by atoms with van der Waals surface area (Å²) in [5.41, 5.74) is 2.83. The molecule has 3 heteroatoms. The van der Waals surface area contributed by atoms with Gasteiger partial charge in [-0.3, -0.25) is 5.10 Å². The zero-order chi connectivity index (χ0) is 9.54. The lowest BCUT2D eigenvalue weighted by atomic mass is 9.78. The number of nitrogens with one attached hydrogen (secondary N) is 1. The second-order valence-electron chi connectivity index (χ2n) is 4.73. The molecule has 1 N–H and O–H groups in total. The molecule has 1 unspecified atom stereocenters. The maximum atomic E-state index is 4.14. The molecule has 76 valence electrons. The summed E-state index contributed by atoms with van der Waals surface area (Å²) in [5, 5.41) is 7.28. The highest BCUT2D eigenvalue weighted by Crippen LogP contribution is 2.33. The number of fused-ring (bicyclic) bond motifs is 2. The number of aromatic nitrogens is 2. The number of H-pyrrole nitrogens is 1. The Balaban J connectivity index is 1.90. The van der Waals surface area contributed by atoms with E-state index in [1.165, 1.54) is 43.5 Å². The van der Waals surface area contributed by atoms with Gasteiger partial charge in [0.25, 0.3) is 0 Å². The van der Waals surface area contributed by atoms with Crippen LogP contribution >= 0.6 is 0 Å². The van der Waals surface area contributed by atoms with Crippen molar-refractivity contribution in [1.82, 2.24) is 15.1 Å². The summed E-state index contributed by atoms with van der Waals surface area (Å²) < 4.78 is 0. The van der Waals surface area contributed by atoms with Gasteiger partial charge in [0, 0.05) is 11.7 Å². The maximum absolute atomic E-state index is 4.14. The first-order chi connectivity index (χ1) is 6.84. The highest BCUT2D eigenvalue weighted by atomic mass is 15.2. The van der Waals surface area contributed by atoms with Gasteiger partial charge in [-0.05, 0) is 50.8 Å². The first kappa shape index (κ1) is 8.48. The van der Waals surface area contributed by atoms with Crippen molar-refractivity contribution in [2.75, 3.05) is 13.6 Å². The van der Waals surface area contributed by atoms with Crippen molar-refractivity contribution in [3.8, 4) is 0 Å². The summed E-state index contributed by atoms with van der Waals surface area (Å²) in [7, 11) is 2.27. The van der Waals surface area contributed by atoms with Crippen LogP contribution in [0.1, 0.15) is 24.1 Å². The molecule has 1 aromatic rings. The number of rotatable bonds is 0. The summed E-state index contributed by atoms with van der Waals surface area (Å²) in [6, 6.07) is 0.772. The number of likely N-dealkylation sites (N-methyl/N-ethyl adjacent to an activating group) is 1. The predicted molar refractivity (Wildman–Crippen MR) is 55.1 cm³/mol. The van der Waals surface area contributed by atoms with E-state index in [9.17, 15) is 0 Å². The highest BCUT2D eigenvalue weighted by Gasteiger charge is 2.34. The van der Waals surface area contributed by atoms with Crippen LogP contribution in [0.2, 0.25) is 0 Å². The number of piperidine rings is 1. The van der Waals surface area contributed by atoms with E-state index in [0.717, 1.165) is 12.0 Å². The van der Waals surface area contributed by atoms with E-state index in [4.69, 9.17) is 0 Å². The molecule has 0 bridgehead atoms. The van der Waals surface area contributed by atoms with E-state index in [0.29, 0.717) is 0 Å². The summed E-state index contributed by atoms with van der Waals surface area (Å²) in [4.78, 5) is 2.53. The normalized spacial score (nSPS) is 32.4. The molecule has 3 rings (SSSR count). The summed E-state index contributed by atoms with van der Waals surface area (Å²) in [6.07, 6.45) is 7.18. The van der Waals surface area contributed by atoms with Crippen molar-refractivity contribution >= 4 is 0 Å². The van der Waals surface area contributed by atoms with Gasteiger partial charge in [0.15, 0.2) is 0 Å². The van der Waals surface area contributed by atoms with Crippen molar-refractivity contribution < 1.29 is 0 Å². The van der Waals surface area contributed by atoms with Crippen LogP contribution in [0, 0.1) is 5.92 Å². The Morgan fingerprint density at radius 2 is 2.43 bits per heavy atom. The fourth-order valence-electron chi connectivity index (χ4n) is 3.06. The average molecular weight is 191 g/mol. The van der Waals surface area contributed by atoms with Crippen LogP contribution in [0.4, 0.5) is 0 Å². The standard InChI is InChI=1S/C11H17N3/c1-14-4-2-3-8-5-10-9(6-11(8)14)7-12-13-10/h7-8,11H,2-6H2,1H3,(H,12,13)/t8-,11?/m1/s1. The van der Waals surface area contributed by atoms with Gasteiger partial charge in [-0.25, -0.2) is 0 Å². The van der Waals surface area contributed by atoms with E-state index < -0.39 is 0 Å². The number of hydrogen-bond acceptors (Lipinski definition) is 2. The first-order valence-electron chi connectivity index (χ1n) is 5.56. The van der Waals surface area contributed by atoms with Gasteiger partial charge in [-0.2, -0.15) is 5.10 Å². The average Bonchev–Trinajstić information content (AvgIpc) is 2.62. The van der Waals surface area contributed by atoms with Crippen molar-refractivity contribution in [2.24, 2.45) is 5.92 Å². The Labute approximate surface area is 84.5 Å². The summed E-state index contributed by atoms with van der Waals surface area (Å²) in [6.45, 7) is 1.27. The third kappa shape index (κ3) is 1.19. The molecule has 1 aliphatic heterocycles. The van der Waals surface area contributed by atoms with Crippen molar-refractivity contribution in [3.05, 3.63) is 17.5 Å². The molecule has 1 aromatic heterocycles. The zero-order valence-electron chi connectivity index (χ0n) is 8.66. The molecule has 1 saturated heterocycles. The van der Waals surface area contributed by atoms with Gasteiger partial charge in [0.2, 0.25) is 0 Å². The molecule has 0 radical (unpaired) electrons. The van der Waals surface area contributed by atoms with Crippen LogP contribution < -0.4 is 0 Å². The maximum Gasteiger partial charge on any atom is 0.0522 e. The molecule has 1 fully saturated rings. The molecular formula is C11H17N3. The number of likely N-dealkylation sites (tertiary alicyclic amines) is 1. The third-order valence-electron chi connectivity index (χ3n) is 3.90. The van der Waals surface area contributed by atoms with Crippen LogP contribution in [0.3, 0.4) is 0 Å². The SMILES string of the molecule is CN1CCC[C@@H]2Cc3[nH]ncc3CC21. The topological polar surface area (TPSA) is 31.9 Å². The largest absolute Gasteiger partial charge is 0.303 e. The molecule has 2 heterocycles. The predicted octanol–water partition coefficient (Wildman–Crippen LogP) is 1.22. The van der Waals surface area contributed by atoms with Crippen LogP contribution in [-0.4, -0.2) is 34.7 Å². The van der Waals surface area contributed by atoms with Crippen molar-refractivity contribution in [1.29, 1.82) is 0 Å². The number of aromatic amines is 1. The molecule has 0 aromatic carbocycles. The Bertz CT molecular complexity index is 331. The molecule has 0 saturated carbocycles. The minimum Gasteiger partial charge on any atom is -0.303 e. The summed E-state index contributed by atoms with van der Waals surface area (Å²) in [5.74, 6) is 0.863. The zero-order valence-corrected chi connectivity index (χ0v) is 8.66. The minimum absolute atomic E-state index is 0.772. The van der Waals surface area contributed by atoms with Crippen molar-refractivity contribution in [3.63, 3.8) is 0 Å². The number of hydrogen-bond donors (Lipinski definition) is 1. The van der Waals surface area contributed by atoms with Crippen LogP contribution in [-0.2, 0) is 12.8 Å². The lowest BCUT2D eigenvalue weighted by Gasteiger charge is -2.41. The molecule has 0 spiro atoms. The fourth-order valence-corrected chi connectivity index (χ4v) is 3.06. The summed E-state index contributed by atoms with van der Waals surface area (Å²) >= 11 is 0. The number of nitrogens with zero attached hydrogens (tertiary/aromatic N) is 2. The van der Waals surface area contributed by atoms with Crippen LogP contribution in [0.5, 0.6) is 0 Å². The molecule has 2 atom stereocenters. The monoisotopic (exact) mass is 191 g/mol. The van der Waals surface area contributed by atoms with E-state index in [-0.39, 0.29) is 0 Å². The molecule has 1 aliphatic carbocycles. The van der Waals surface area contributed by atoms with E-state index in [1.807, 2.05) is 6.20 Å². The molecule has 14 heavy (non-hydrogen) atoms. The first-order valence-corrected chi connectivity index (χ1v) is 5.56. The molecule has 2 aliphatic rings. The van der Waals surface area contributed by atoms with Gasteiger partial charge in [-0.1, -0.05) is 0 Å².